The molecule has 0 fully saturated rings. The van der Waals surface area contributed by atoms with Crippen LogP contribution in [0.25, 0.3) is 42.0 Å². The highest BCUT2D eigenvalue weighted by atomic mass is 32.1. The monoisotopic (exact) mass is 329 g/mol. The lowest BCUT2D eigenvalue weighted by Gasteiger charge is -2.09. The summed E-state index contributed by atoms with van der Waals surface area (Å²) in [6.45, 7) is 4.55. The molecule has 0 N–H and O–H groups in total. The van der Waals surface area contributed by atoms with Gasteiger partial charge in [0, 0.05) is 38.0 Å². The number of nitrogens with zero attached hydrogens (tertiary/aromatic N) is 1. The smallest absolute Gasteiger partial charge is 0.0523 e. The van der Waals surface area contributed by atoms with E-state index < -0.39 is 0 Å². The molecular formula is C22H19NS. The second kappa shape index (κ2) is 4.84. The maximum atomic E-state index is 2.40. The first-order valence-electron chi connectivity index (χ1n) is 8.47. The second-order valence-electron chi connectivity index (χ2n) is 6.92. The summed E-state index contributed by atoms with van der Waals surface area (Å²) in [4.78, 5) is 0. The molecular weight excluding hydrogens is 310 g/mol. The third kappa shape index (κ3) is 1.75. The van der Waals surface area contributed by atoms with Gasteiger partial charge in [-0.25, -0.2) is 0 Å². The largest absolute Gasteiger partial charge is 0.343 e. The average molecular weight is 329 g/mol. The predicted octanol–water partition coefficient (Wildman–Crippen LogP) is 6.82. The van der Waals surface area contributed by atoms with Crippen molar-refractivity contribution < 1.29 is 0 Å². The molecule has 0 aliphatic heterocycles. The molecule has 118 valence electrons. The van der Waals surface area contributed by atoms with E-state index in [0.29, 0.717) is 5.92 Å². The molecule has 3 aromatic carbocycles. The molecule has 24 heavy (non-hydrogen) atoms. The molecule has 0 bridgehead atoms. The van der Waals surface area contributed by atoms with Crippen LogP contribution in [0.2, 0.25) is 0 Å². The number of rotatable bonds is 1. The average Bonchev–Trinajstić information content (AvgIpc) is 3.09. The minimum absolute atomic E-state index is 0.527. The highest BCUT2D eigenvalue weighted by molar-refractivity contribution is 7.25. The van der Waals surface area contributed by atoms with Crippen LogP contribution < -0.4 is 0 Å². The van der Waals surface area contributed by atoms with Gasteiger partial charge in [0.1, 0.15) is 0 Å². The number of benzene rings is 3. The first kappa shape index (κ1) is 14.1. The first-order chi connectivity index (χ1) is 11.6. The lowest BCUT2D eigenvalue weighted by Crippen LogP contribution is -1.94. The summed E-state index contributed by atoms with van der Waals surface area (Å²) in [5.41, 5.74) is 4.14. The lowest BCUT2D eigenvalue weighted by atomic mass is 9.99. The summed E-state index contributed by atoms with van der Waals surface area (Å²) in [6.07, 6.45) is 0. The van der Waals surface area contributed by atoms with E-state index in [1.165, 1.54) is 47.5 Å². The molecule has 0 aliphatic rings. The lowest BCUT2D eigenvalue weighted by molar-refractivity contribution is 0.862. The zero-order chi connectivity index (χ0) is 16.4. The molecule has 1 nitrogen and oxygen atoms in total. The zero-order valence-electron chi connectivity index (χ0n) is 14.1. The second-order valence-corrected chi connectivity index (χ2v) is 8.00. The maximum Gasteiger partial charge on any atom is 0.0523 e. The van der Waals surface area contributed by atoms with Crippen molar-refractivity contribution >= 4 is 53.3 Å². The number of para-hydroxylation sites is 1. The number of hydrogen-bond acceptors (Lipinski definition) is 1. The minimum Gasteiger partial charge on any atom is -0.343 e. The molecule has 5 aromatic rings. The van der Waals surface area contributed by atoms with Gasteiger partial charge in [0.05, 0.1) is 11.0 Å². The fraction of sp³-hybridized carbons (Fsp3) is 0.182. The SMILES string of the molecule is CC(C)c1cccc2c3cc4c(cc3n(C)c12)sc1ccccc14. The van der Waals surface area contributed by atoms with E-state index in [9.17, 15) is 0 Å². The van der Waals surface area contributed by atoms with Crippen LogP contribution in [0.1, 0.15) is 25.3 Å². The van der Waals surface area contributed by atoms with Crippen LogP contribution >= 0.6 is 11.3 Å². The fourth-order valence-corrected chi connectivity index (χ4v) is 5.11. The molecule has 0 amide bonds. The van der Waals surface area contributed by atoms with Crippen LogP contribution in [0.5, 0.6) is 0 Å². The van der Waals surface area contributed by atoms with Gasteiger partial charge in [0.15, 0.2) is 0 Å². The molecule has 0 saturated carbocycles. The quantitative estimate of drug-likeness (QED) is 0.318. The Morgan fingerprint density at radius 1 is 0.792 bits per heavy atom. The van der Waals surface area contributed by atoms with E-state index in [-0.39, 0.29) is 0 Å². The fourth-order valence-electron chi connectivity index (χ4n) is 3.99. The van der Waals surface area contributed by atoms with Crippen LogP contribution in [0, 0.1) is 0 Å². The first-order valence-corrected chi connectivity index (χ1v) is 9.29. The number of aromatic nitrogens is 1. The van der Waals surface area contributed by atoms with Gasteiger partial charge >= 0.3 is 0 Å². The molecule has 2 heterocycles. The van der Waals surface area contributed by atoms with Gasteiger partial charge in [0.25, 0.3) is 0 Å². The predicted molar refractivity (Wildman–Crippen MR) is 107 cm³/mol. The number of hydrogen-bond donors (Lipinski definition) is 0. The Balaban J connectivity index is 2.01. The molecule has 0 radical (unpaired) electrons. The van der Waals surface area contributed by atoms with Crippen LogP contribution in [-0.4, -0.2) is 4.57 Å². The van der Waals surface area contributed by atoms with Crippen LogP contribution in [0.4, 0.5) is 0 Å². The summed E-state index contributed by atoms with van der Waals surface area (Å²) in [5, 5.41) is 5.49. The third-order valence-corrected chi connectivity index (χ3v) is 6.30. The minimum atomic E-state index is 0.527. The summed E-state index contributed by atoms with van der Waals surface area (Å²) in [7, 11) is 2.20. The Kier molecular flexibility index (Phi) is 2.84. The topological polar surface area (TPSA) is 4.93 Å². The Hall–Kier alpha value is -2.32. The van der Waals surface area contributed by atoms with Crippen molar-refractivity contribution in [1.82, 2.24) is 4.57 Å². The van der Waals surface area contributed by atoms with Crippen LogP contribution in [-0.2, 0) is 7.05 Å². The molecule has 5 rings (SSSR count). The van der Waals surface area contributed by atoms with Crippen molar-refractivity contribution in [2.75, 3.05) is 0 Å². The van der Waals surface area contributed by atoms with Crippen molar-refractivity contribution in [2.45, 2.75) is 19.8 Å². The number of aryl methyl sites for hydroxylation is 1. The van der Waals surface area contributed by atoms with Gasteiger partial charge in [-0.05, 0) is 29.7 Å². The van der Waals surface area contributed by atoms with E-state index in [0.717, 1.165) is 0 Å². The molecule has 0 spiro atoms. The molecule has 2 heteroatoms. The van der Waals surface area contributed by atoms with E-state index in [1.54, 1.807) is 0 Å². The van der Waals surface area contributed by atoms with Crippen molar-refractivity contribution in [3.05, 3.63) is 60.2 Å². The van der Waals surface area contributed by atoms with Crippen molar-refractivity contribution in [1.29, 1.82) is 0 Å². The van der Waals surface area contributed by atoms with Crippen molar-refractivity contribution in [2.24, 2.45) is 7.05 Å². The number of thiophene rings is 1. The normalized spacial score (nSPS) is 12.3. The van der Waals surface area contributed by atoms with E-state index in [2.05, 4.69) is 80.1 Å². The van der Waals surface area contributed by atoms with Crippen molar-refractivity contribution in [3.8, 4) is 0 Å². The van der Waals surface area contributed by atoms with Crippen LogP contribution in [0.15, 0.2) is 54.6 Å². The Morgan fingerprint density at radius 2 is 1.58 bits per heavy atom. The van der Waals surface area contributed by atoms with E-state index in [1.807, 2.05) is 11.3 Å². The Bertz CT molecular complexity index is 1240. The molecule has 0 aliphatic carbocycles. The molecule has 0 atom stereocenters. The van der Waals surface area contributed by atoms with E-state index in [4.69, 9.17) is 0 Å². The maximum absolute atomic E-state index is 2.40. The van der Waals surface area contributed by atoms with Gasteiger partial charge in [-0.1, -0.05) is 50.2 Å². The van der Waals surface area contributed by atoms with Crippen LogP contribution in [0.3, 0.4) is 0 Å². The summed E-state index contributed by atoms with van der Waals surface area (Å²) < 4.78 is 5.12. The highest BCUT2D eigenvalue weighted by Crippen LogP contribution is 2.40. The highest BCUT2D eigenvalue weighted by Gasteiger charge is 2.15. The van der Waals surface area contributed by atoms with E-state index >= 15 is 0 Å². The summed E-state index contributed by atoms with van der Waals surface area (Å²) in [5.74, 6) is 0.527. The van der Waals surface area contributed by atoms with Gasteiger partial charge in [-0.15, -0.1) is 11.3 Å². The van der Waals surface area contributed by atoms with Gasteiger partial charge in [0.2, 0.25) is 0 Å². The number of fused-ring (bicyclic) bond motifs is 6. The Morgan fingerprint density at radius 3 is 2.42 bits per heavy atom. The molecule has 0 saturated heterocycles. The molecule has 2 aromatic heterocycles. The van der Waals surface area contributed by atoms with Gasteiger partial charge in [-0.2, -0.15) is 0 Å². The summed E-state index contributed by atoms with van der Waals surface area (Å²) in [6, 6.07) is 20.2. The third-order valence-electron chi connectivity index (χ3n) is 5.17. The standard InChI is InChI=1S/C22H19NS/c1-13(2)14-8-6-9-16-17-11-18-15-7-4-5-10-20(15)24-21(18)12-19(17)23(3)22(14)16/h4-13H,1-3H3. The summed E-state index contributed by atoms with van der Waals surface area (Å²) >= 11 is 1.89. The Labute approximate surface area is 145 Å². The van der Waals surface area contributed by atoms with Gasteiger partial charge in [-0.3, -0.25) is 0 Å². The zero-order valence-corrected chi connectivity index (χ0v) is 14.9. The van der Waals surface area contributed by atoms with Crippen molar-refractivity contribution in [3.63, 3.8) is 0 Å². The van der Waals surface area contributed by atoms with Gasteiger partial charge < -0.3 is 4.57 Å². The molecule has 0 unspecified atom stereocenters.